The molecule has 26 heavy (non-hydrogen) atoms. The van der Waals surface area contributed by atoms with E-state index in [1.807, 2.05) is 6.92 Å². The lowest BCUT2D eigenvalue weighted by Gasteiger charge is -2.10. The number of rotatable bonds is 6. The number of nitrogens with one attached hydrogen (secondary N) is 1. The second kappa shape index (κ2) is 6.68. The molecule has 2 heterocycles. The molecule has 0 saturated heterocycles. The van der Waals surface area contributed by atoms with E-state index in [0.29, 0.717) is 34.8 Å². The van der Waals surface area contributed by atoms with Crippen LogP contribution in [0.15, 0.2) is 41.6 Å². The number of sulfone groups is 1. The molecule has 0 saturated carbocycles. The molecule has 136 valence electrons. The molecule has 2 aromatic heterocycles. The molecule has 1 amide bonds. The van der Waals surface area contributed by atoms with E-state index in [1.54, 1.807) is 18.2 Å². The average molecular weight is 375 g/mol. The molecule has 0 atom stereocenters. The number of pyridine rings is 1. The van der Waals surface area contributed by atoms with E-state index in [-0.39, 0.29) is 10.7 Å². The van der Waals surface area contributed by atoms with Crippen LogP contribution in [0.1, 0.15) is 17.4 Å². The number of aromatic amines is 1. The summed E-state index contributed by atoms with van der Waals surface area (Å²) in [6, 6.07) is 7.87. The molecular weight excluding hydrogens is 358 g/mol. The smallest absolute Gasteiger partial charge is 0.265 e. The molecule has 0 radical (unpaired) electrons. The van der Waals surface area contributed by atoms with Gasteiger partial charge in [-0.1, -0.05) is 0 Å². The number of fused-ring (bicyclic) bond motifs is 1. The molecule has 0 bridgehead atoms. The molecule has 1 aromatic carbocycles. The Balaban J connectivity index is 1.98. The fourth-order valence-corrected chi connectivity index (χ4v) is 2.99. The van der Waals surface area contributed by atoms with Crippen molar-refractivity contribution in [3.05, 3.63) is 42.2 Å². The van der Waals surface area contributed by atoms with Crippen LogP contribution in [-0.4, -0.2) is 37.2 Å². The van der Waals surface area contributed by atoms with E-state index in [1.165, 1.54) is 18.3 Å². The van der Waals surface area contributed by atoms with Crippen LogP contribution in [0.4, 0.5) is 0 Å². The van der Waals surface area contributed by atoms with Crippen LogP contribution in [0.2, 0.25) is 0 Å². The predicted octanol–water partition coefficient (Wildman–Crippen LogP) is 2.26. The lowest BCUT2D eigenvalue weighted by Crippen LogP contribution is -2.10. The first-order chi connectivity index (χ1) is 12.3. The Kier molecular flexibility index (Phi) is 4.56. The minimum Gasteiger partial charge on any atom is -0.492 e. The van der Waals surface area contributed by atoms with E-state index in [2.05, 4.69) is 9.97 Å². The Morgan fingerprint density at radius 3 is 2.58 bits per heavy atom. The highest BCUT2D eigenvalue weighted by Crippen LogP contribution is 2.33. The monoisotopic (exact) mass is 375 g/mol. The number of benzene rings is 1. The minimum absolute atomic E-state index is 0.0351. The van der Waals surface area contributed by atoms with Crippen LogP contribution in [0.3, 0.4) is 0 Å². The Labute approximate surface area is 149 Å². The maximum absolute atomic E-state index is 11.5. The first kappa shape index (κ1) is 17.7. The van der Waals surface area contributed by atoms with Crippen molar-refractivity contribution < 1.29 is 22.7 Å². The third-order valence-corrected chi connectivity index (χ3v) is 4.56. The summed E-state index contributed by atoms with van der Waals surface area (Å²) in [4.78, 5) is 18.2. The standard InChI is InChI=1S/C17H17N3O5S/c1-3-24-14-8-12(6-10-7-13(17(18)21)20-16(10)14)25-11-4-5-15(19-9-11)26(2,22)23/h4-9,20H,3H2,1-2H3,(H2,18,21). The number of carbonyl (C=O) groups excluding carboxylic acids is 1. The highest BCUT2D eigenvalue weighted by atomic mass is 32.2. The number of hydrogen-bond acceptors (Lipinski definition) is 6. The van der Waals surface area contributed by atoms with Gasteiger partial charge >= 0.3 is 0 Å². The summed E-state index contributed by atoms with van der Waals surface area (Å²) in [6.07, 6.45) is 2.41. The van der Waals surface area contributed by atoms with Gasteiger partial charge in [0, 0.05) is 17.7 Å². The Morgan fingerprint density at radius 1 is 1.23 bits per heavy atom. The van der Waals surface area contributed by atoms with Crippen molar-refractivity contribution in [2.24, 2.45) is 5.73 Å². The first-order valence-corrected chi connectivity index (χ1v) is 9.60. The Hall–Kier alpha value is -3.07. The van der Waals surface area contributed by atoms with E-state index >= 15 is 0 Å². The van der Waals surface area contributed by atoms with Crippen LogP contribution in [0.25, 0.3) is 10.9 Å². The molecule has 0 fully saturated rings. The second-order valence-corrected chi connectivity index (χ2v) is 7.53. The Bertz CT molecular complexity index is 1070. The lowest BCUT2D eigenvalue weighted by atomic mass is 10.2. The van der Waals surface area contributed by atoms with Gasteiger partial charge in [0.2, 0.25) is 0 Å². The van der Waals surface area contributed by atoms with Gasteiger partial charge < -0.3 is 20.2 Å². The van der Waals surface area contributed by atoms with Crippen LogP contribution in [0, 0.1) is 0 Å². The average Bonchev–Trinajstić information content (AvgIpc) is 2.99. The number of ether oxygens (including phenoxy) is 2. The Morgan fingerprint density at radius 2 is 2.00 bits per heavy atom. The van der Waals surface area contributed by atoms with Gasteiger partial charge in [-0.05, 0) is 31.2 Å². The molecule has 0 aliphatic heterocycles. The second-order valence-electron chi connectivity index (χ2n) is 5.57. The van der Waals surface area contributed by atoms with Crippen LogP contribution in [-0.2, 0) is 9.84 Å². The summed E-state index contributed by atoms with van der Waals surface area (Å²) >= 11 is 0. The van der Waals surface area contributed by atoms with Gasteiger partial charge in [-0.3, -0.25) is 4.79 Å². The van der Waals surface area contributed by atoms with Gasteiger partial charge in [-0.15, -0.1) is 0 Å². The van der Waals surface area contributed by atoms with Gasteiger partial charge in [0.25, 0.3) is 5.91 Å². The molecular formula is C17H17N3O5S. The highest BCUT2D eigenvalue weighted by Gasteiger charge is 2.13. The van der Waals surface area contributed by atoms with Gasteiger partial charge in [-0.25, -0.2) is 13.4 Å². The highest BCUT2D eigenvalue weighted by molar-refractivity contribution is 7.90. The zero-order chi connectivity index (χ0) is 18.9. The predicted molar refractivity (Wildman–Crippen MR) is 95.4 cm³/mol. The van der Waals surface area contributed by atoms with Crippen molar-refractivity contribution in [1.29, 1.82) is 0 Å². The van der Waals surface area contributed by atoms with E-state index < -0.39 is 15.7 Å². The number of aromatic nitrogens is 2. The largest absolute Gasteiger partial charge is 0.492 e. The number of H-pyrrole nitrogens is 1. The van der Waals surface area contributed by atoms with Crippen LogP contribution >= 0.6 is 0 Å². The van der Waals surface area contributed by atoms with Crippen molar-refractivity contribution in [3.63, 3.8) is 0 Å². The summed E-state index contributed by atoms with van der Waals surface area (Å²) in [6.45, 7) is 2.26. The first-order valence-electron chi connectivity index (χ1n) is 7.71. The van der Waals surface area contributed by atoms with Gasteiger partial charge in [0.1, 0.15) is 22.9 Å². The van der Waals surface area contributed by atoms with Crippen molar-refractivity contribution in [3.8, 4) is 17.2 Å². The summed E-state index contributed by atoms with van der Waals surface area (Å²) in [7, 11) is -3.38. The SMILES string of the molecule is CCOc1cc(Oc2ccc(S(C)(=O)=O)nc2)cc2cc(C(N)=O)[nH]c12. The van der Waals surface area contributed by atoms with E-state index in [4.69, 9.17) is 15.2 Å². The maximum Gasteiger partial charge on any atom is 0.265 e. The van der Waals surface area contributed by atoms with Crippen molar-refractivity contribution in [2.75, 3.05) is 12.9 Å². The lowest BCUT2D eigenvalue weighted by molar-refractivity contribution is 0.0996. The van der Waals surface area contributed by atoms with Gasteiger partial charge in [0.15, 0.2) is 14.9 Å². The van der Waals surface area contributed by atoms with Crippen molar-refractivity contribution >= 4 is 26.6 Å². The number of hydrogen-bond donors (Lipinski definition) is 2. The molecule has 0 aliphatic rings. The molecule has 9 heteroatoms. The van der Waals surface area contributed by atoms with Crippen molar-refractivity contribution in [2.45, 2.75) is 11.9 Å². The topological polar surface area (TPSA) is 124 Å². The van der Waals surface area contributed by atoms with Gasteiger partial charge in [0.05, 0.1) is 18.3 Å². The molecule has 3 aromatic rings. The third-order valence-electron chi connectivity index (χ3n) is 3.56. The molecule has 8 nitrogen and oxygen atoms in total. The quantitative estimate of drug-likeness (QED) is 0.681. The summed E-state index contributed by atoms with van der Waals surface area (Å²) in [5, 5.41) is 0.660. The van der Waals surface area contributed by atoms with Gasteiger partial charge in [-0.2, -0.15) is 0 Å². The number of nitrogens with zero attached hydrogens (tertiary/aromatic N) is 1. The summed E-state index contributed by atoms with van der Waals surface area (Å²) in [5.74, 6) is 0.745. The number of primary amides is 1. The van der Waals surface area contributed by atoms with Crippen LogP contribution in [0.5, 0.6) is 17.2 Å². The fourth-order valence-electron chi connectivity index (χ4n) is 2.43. The van der Waals surface area contributed by atoms with Crippen LogP contribution < -0.4 is 15.2 Å². The number of carbonyl (C=O) groups is 1. The van der Waals surface area contributed by atoms with Crippen molar-refractivity contribution in [1.82, 2.24) is 9.97 Å². The number of amides is 1. The maximum atomic E-state index is 11.5. The zero-order valence-electron chi connectivity index (χ0n) is 14.1. The fraction of sp³-hybridized carbons (Fsp3) is 0.176. The van der Waals surface area contributed by atoms with E-state index in [9.17, 15) is 13.2 Å². The van der Waals surface area contributed by atoms with E-state index in [0.717, 1.165) is 6.26 Å². The third kappa shape index (κ3) is 3.62. The molecule has 3 N–H and O–H groups in total. The summed E-state index contributed by atoms with van der Waals surface area (Å²) in [5.41, 5.74) is 6.21. The molecule has 0 unspecified atom stereocenters. The minimum atomic E-state index is -3.38. The molecule has 0 aliphatic carbocycles. The normalized spacial score (nSPS) is 11.5. The molecule has 0 spiro atoms. The number of nitrogens with two attached hydrogens (primary N) is 1. The molecule has 3 rings (SSSR count). The zero-order valence-corrected chi connectivity index (χ0v) is 15.0. The summed E-state index contributed by atoms with van der Waals surface area (Å²) < 4.78 is 34.3.